The average molecular weight is 285 g/mol. The molecule has 1 saturated heterocycles. The predicted molar refractivity (Wildman–Crippen MR) is 71.9 cm³/mol. The van der Waals surface area contributed by atoms with Crippen LogP contribution in [0.1, 0.15) is 12.8 Å². The van der Waals surface area contributed by atoms with Gasteiger partial charge >= 0.3 is 0 Å². The van der Waals surface area contributed by atoms with Crippen LogP contribution >= 0.6 is 0 Å². The van der Waals surface area contributed by atoms with E-state index < -0.39 is 10.0 Å². The van der Waals surface area contributed by atoms with E-state index in [1.54, 1.807) is 0 Å². The Hall–Kier alpha value is -1.25. The molecule has 0 saturated carbocycles. The highest BCUT2D eigenvalue weighted by atomic mass is 32.2. The summed E-state index contributed by atoms with van der Waals surface area (Å²) in [5.41, 5.74) is 5.37. The molecule has 1 unspecified atom stereocenters. The number of likely N-dealkylation sites (N-methyl/N-ethyl adjacent to an activating group) is 1. The third-order valence-corrected chi connectivity index (χ3v) is 5.19. The Kier molecular flexibility index (Phi) is 4.02. The summed E-state index contributed by atoms with van der Waals surface area (Å²) in [6.07, 6.45) is 4.39. The maximum absolute atomic E-state index is 12.5. The quantitative estimate of drug-likeness (QED) is 0.825. The van der Waals surface area contributed by atoms with Gasteiger partial charge in [0.2, 0.25) is 16.0 Å². The highest BCUT2D eigenvalue weighted by Crippen LogP contribution is 2.21. The van der Waals surface area contributed by atoms with Crippen LogP contribution in [0.2, 0.25) is 0 Å². The van der Waals surface area contributed by atoms with Crippen LogP contribution in [0.3, 0.4) is 0 Å². The van der Waals surface area contributed by atoms with Crippen molar-refractivity contribution in [3.8, 4) is 0 Å². The van der Waals surface area contributed by atoms with Gasteiger partial charge in [0.1, 0.15) is 4.90 Å². The van der Waals surface area contributed by atoms with Gasteiger partial charge in [-0.05, 0) is 26.9 Å². The van der Waals surface area contributed by atoms with Crippen LogP contribution in [0.5, 0.6) is 0 Å². The number of nitrogens with two attached hydrogens (primary N) is 1. The average Bonchev–Trinajstić information content (AvgIpc) is 2.39. The van der Waals surface area contributed by atoms with Crippen molar-refractivity contribution in [2.24, 2.45) is 0 Å². The molecule has 7 nitrogen and oxygen atoms in total. The zero-order valence-corrected chi connectivity index (χ0v) is 12.0. The van der Waals surface area contributed by atoms with Gasteiger partial charge in [0.15, 0.2) is 0 Å². The molecule has 19 heavy (non-hydrogen) atoms. The van der Waals surface area contributed by atoms with Crippen LogP contribution in [0.25, 0.3) is 0 Å². The van der Waals surface area contributed by atoms with Crippen molar-refractivity contribution in [3.05, 3.63) is 12.4 Å². The second-order valence-corrected chi connectivity index (χ2v) is 6.84. The van der Waals surface area contributed by atoms with E-state index in [1.807, 2.05) is 14.1 Å². The van der Waals surface area contributed by atoms with Gasteiger partial charge in [0.25, 0.3) is 0 Å². The van der Waals surface area contributed by atoms with Crippen molar-refractivity contribution < 1.29 is 8.42 Å². The smallest absolute Gasteiger partial charge is 0.246 e. The minimum Gasteiger partial charge on any atom is -0.368 e. The van der Waals surface area contributed by atoms with E-state index >= 15 is 0 Å². The molecular weight excluding hydrogens is 266 g/mol. The van der Waals surface area contributed by atoms with Crippen LogP contribution in [-0.2, 0) is 10.0 Å². The summed E-state index contributed by atoms with van der Waals surface area (Å²) >= 11 is 0. The van der Waals surface area contributed by atoms with E-state index in [1.165, 1.54) is 16.7 Å². The molecule has 0 aromatic carbocycles. The Bertz CT molecular complexity index is 529. The zero-order chi connectivity index (χ0) is 14.0. The molecule has 0 spiro atoms. The first kappa shape index (κ1) is 14.2. The SMILES string of the molecule is CN(C)C1CCCN(S(=O)(=O)c2cnc(N)nc2)C1. The van der Waals surface area contributed by atoms with Crippen LogP contribution in [-0.4, -0.2) is 60.8 Å². The van der Waals surface area contributed by atoms with Crippen molar-refractivity contribution in [1.29, 1.82) is 0 Å². The number of hydrogen-bond acceptors (Lipinski definition) is 6. The van der Waals surface area contributed by atoms with Crippen molar-refractivity contribution >= 4 is 16.0 Å². The number of nitrogens with zero attached hydrogens (tertiary/aromatic N) is 4. The molecule has 1 aliphatic heterocycles. The summed E-state index contributed by atoms with van der Waals surface area (Å²) < 4.78 is 26.4. The highest BCUT2D eigenvalue weighted by Gasteiger charge is 2.31. The lowest BCUT2D eigenvalue weighted by Gasteiger charge is -2.35. The lowest BCUT2D eigenvalue weighted by Crippen LogP contribution is -2.47. The monoisotopic (exact) mass is 285 g/mol. The summed E-state index contributed by atoms with van der Waals surface area (Å²) in [7, 11) is 0.412. The molecule has 2 N–H and O–H groups in total. The second kappa shape index (κ2) is 5.40. The topological polar surface area (TPSA) is 92.4 Å². The largest absolute Gasteiger partial charge is 0.368 e. The van der Waals surface area contributed by atoms with Gasteiger partial charge < -0.3 is 10.6 Å². The lowest BCUT2D eigenvalue weighted by molar-refractivity contribution is 0.190. The number of sulfonamides is 1. The number of anilines is 1. The first-order chi connectivity index (χ1) is 8.91. The van der Waals surface area contributed by atoms with Gasteiger partial charge in [-0.1, -0.05) is 0 Å². The van der Waals surface area contributed by atoms with Gasteiger partial charge in [0.05, 0.1) is 12.4 Å². The Morgan fingerprint density at radius 1 is 1.37 bits per heavy atom. The maximum Gasteiger partial charge on any atom is 0.246 e. The first-order valence-electron chi connectivity index (χ1n) is 6.15. The molecule has 106 valence electrons. The molecular formula is C11H19N5O2S. The summed E-state index contributed by atoms with van der Waals surface area (Å²) in [5, 5.41) is 0. The van der Waals surface area contributed by atoms with E-state index in [-0.39, 0.29) is 16.9 Å². The van der Waals surface area contributed by atoms with Gasteiger partial charge in [-0.15, -0.1) is 0 Å². The van der Waals surface area contributed by atoms with E-state index in [4.69, 9.17) is 5.73 Å². The molecule has 0 aliphatic carbocycles. The number of rotatable bonds is 3. The van der Waals surface area contributed by atoms with Gasteiger partial charge in [-0.25, -0.2) is 18.4 Å². The summed E-state index contributed by atoms with van der Waals surface area (Å²) in [5.74, 6) is 0.0729. The molecule has 0 radical (unpaired) electrons. The summed E-state index contributed by atoms with van der Waals surface area (Å²) in [4.78, 5) is 9.64. The standard InChI is InChI=1S/C11H19N5O2S/c1-15(2)9-4-3-5-16(8-9)19(17,18)10-6-13-11(12)14-7-10/h6-7,9H,3-5,8H2,1-2H3,(H2,12,13,14). The minimum atomic E-state index is -3.52. The van der Waals surface area contributed by atoms with Crippen LogP contribution < -0.4 is 5.73 Å². The summed E-state index contributed by atoms with van der Waals surface area (Å²) in [6, 6.07) is 0.248. The van der Waals surface area contributed by atoms with Crippen LogP contribution in [0.15, 0.2) is 17.3 Å². The van der Waals surface area contributed by atoms with E-state index in [2.05, 4.69) is 14.9 Å². The van der Waals surface area contributed by atoms with Crippen molar-refractivity contribution in [1.82, 2.24) is 19.2 Å². The molecule has 2 heterocycles. The Labute approximate surface area is 113 Å². The molecule has 8 heteroatoms. The van der Waals surface area contributed by atoms with Gasteiger partial charge in [-0.2, -0.15) is 4.31 Å². The molecule has 1 aliphatic rings. The van der Waals surface area contributed by atoms with Crippen LogP contribution in [0.4, 0.5) is 5.95 Å². The van der Waals surface area contributed by atoms with E-state index in [0.29, 0.717) is 13.1 Å². The molecule has 0 amide bonds. The van der Waals surface area contributed by atoms with Crippen LogP contribution in [0, 0.1) is 0 Å². The maximum atomic E-state index is 12.5. The third-order valence-electron chi connectivity index (χ3n) is 3.38. The fourth-order valence-corrected chi connectivity index (χ4v) is 3.58. The molecule has 0 bridgehead atoms. The number of aromatic nitrogens is 2. The third kappa shape index (κ3) is 3.02. The Morgan fingerprint density at radius 2 is 2.00 bits per heavy atom. The fourth-order valence-electron chi connectivity index (χ4n) is 2.17. The lowest BCUT2D eigenvalue weighted by atomic mass is 10.1. The Morgan fingerprint density at radius 3 is 2.58 bits per heavy atom. The van der Waals surface area contributed by atoms with Crippen molar-refractivity contribution in [2.75, 3.05) is 32.9 Å². The highest BCUT2D eigenvalue weighted by molar-refractivity contribution is 7.89. The first-order valence-corrected chi connectivity index (χ1v) is 7.59. The normalized spacial score (nSPS) is 21.7. The molecule has 1 aromatic heterocycles. The minimum absolute atomic E-state index is 0.0729. The number of nitrogen functional groups attached to an aromatic ring is 1. The van der Waals surface area contributed by atoms with E-state index in [9.17, 15) is 8.42 Å². The second-order valence-electron chi connectivity index (χ2n) is 4.90. The van der Waals surface area contributed by atoms with Gasteiger partial charge in [0, 0.05) is 19.1 Å². The zero-order valence-electron chi connectivity index (χ0n) is 11.2. The molecule has 1 atom stereocenters. The number of hydrogen-bond donors (Lipinski definition) is 1. The van der Waals surface area contributed by atoms with Gasteiger partial charge in [-0.3, -0.25) is 0 Å². The molecule has 2 rings (SSSR count). The predicted octanol–water partition coefficient (Wildman–Crippen LogP) is -0.226. The summed E-state index contributed by atoms with van der Waals surface area (Å²) in [6.45, 7) is 1.04. The van der Waals surface area contributed by atoms with E-state index in [0.717, 1.165) is 12.8 Å². The Balaban J connectivity index is 2.22. The number of piperidine rings is 1. The van der Waals surface area contributed by atoms with Crippen molar-refractivity contribution in [2.45, 2.75) is 23.8 Å². The fraction of sp³-hybridized carbons (Fsp3) is 0.636. The molecule has 1 fully saturated rings. The van der Waals surface area contributed by atoms with Crippen molar-refractivity contribution in [3.63, 3.8) is 0 Å². The molecule has 1 aromatic rings.